The molecule has 8 nitrogen and oxygen atoms in total. The standard InChI is InChI=1S/C22H20N4O4/c1-15-23-13-12-18(24-15)14-29-19-10-8-16(9-11-19)22(2)20(27)26(21(28)30-22)25-17-6-4-3-5-7-17/h3-13,25H,14H2,1-2H3. The predicted molar refractivity (Wildman–Crippen MR) is 108 cm³/mol. The van der Waals surface area contributed by atoms with Gasteiger partial charge in [0, 0.05) is 11.8 Å². The van der Waals surface area contributed by atoms with E-state index < -0.39 is 17.6 Å². The number of hydrogen-bond acceptors (Lipinski definition) is 7. The summed E-state index contributed by atoms with van der Waals surface area (Å²) in [6, 6.07) is 17.6. The monoisotopic (exact) mass is 404 g/mol. The van der Waals surface area contributed by atoms with E-state index >= 15 is 0 Å². The molecule has 1 aliphatic heterocycles. The maximum absolute atomic E-state index is 12.9. The number of para-hydroxylation sites is 1. The van der Waals surface area contributed by atoms with E-state index in [0.717, 1.165) is 10.7 Å². The highest BCUT2D eigenvalue weighted by Gasteiger charge is 2.52. The molecule has 1 atom stereocenters. The van der Waals surface area contributed by atoms with E-state index in [4.69, 9.17) is 9.47 Å². The smallest absolute Gasteiger partial charge is 0.437 e. The fraction of sp³-hybridized carbons (Fsp3) is 0.182. The molecule has 1 saturated heterocycles. The van der Waals surface area contributed by atoms with Crippen molar-refractivity contribution in [3.63, 3.8) is 0 Å². The van der Waals surface area contributed by atoms with Gasteiger partial charge in [0.2, 0.25) is 5.60 Å². The Morgan fingerprint density at radius 1 is 1.07 bits per heavy atom. The Balaban J connectivity index is 1.46. The van der Waals surface area contributed by atoms with E-state index in [-0.39, 0.29) is 0 Å². The molecule has 2 heterocycles. The van der Waals surface area contributed by atoms with Crippen LogP contribution >= 0.6 is 0 Å². The zero-order valence-electron chi connectivity index (χ0n) is 16.5. The molecule has 8 heteroatoms. The normalized spacial score (nSPS) is 18.3. The van der Waals surface area contributed by atoms with Crippen molar-refractivity contribution in [2.75, 3.05) is 5.43 Å². The van der Waals surface area contributed by atoms with Crippen LogP contribution in [0.5, 0.6) is 5.75 Å². The number of carbonyl (C=O) groups excluding carboxylic acids is 2. The Labute approximate surface area is 173 Å². The summed E-state index contributed by atoms with van der Waals surface area (Å²) in [6.45, 7) is 3.68. The van der Waals surface area contributed by atoms with Crippen molar-refractivity contribution in [1.82, 2.24) is 15.0 Å². The van der Waals surface area contributed by atoms with Crippen LogP contribution in [-0.2, 0) is 21.7 Å². The molecule has 4 rings (SSSR count). The van der Waals surface area contributed by atoms with Crippen molar-refractivity contribution in [2.24, 2.45) is 0 Å². The third kappa shape index (κ3) is 3.80. The topological polar surface area (TPSA) is 93.7 Å². The number of nitrogens with one attached hydrogen (secondary N) is 1. The van der Waals surface area contributed by atoms with Gasteiger partial charge in [-0.2, -0.15) is 0 Å². The van der Waals surface area contributed by atoms with Crippen LogP contribution in [0.25, 0.3) is 0 Å². The summed E-state index contributed by atoms with van der Waals surface area (Å²) in [5.41, 5.74) is 3.28. The van der Waals surface area contributed by atoms with Crippen LogP contribution in [0.15, 0.2) is 66.9 Å². The first kappa shape index (κ1) is 19.4. The van der Waals surface area contributed by atoms with Gasteiger partial charge in [-0.05, 0) is 44.2 Å². The van der Waals surface area contributed by atoms with Gasteiger partial charge in [-0.15, -0.1) is 5.01 Å². The molecule has 1 fully saturated rings. The third-order valence-electron chi connectivity index (χ3n) is 4.73. The van der Waals surface area contributed by atoms with E-state index in [0.29, 0.717) is 29.4 Å². The molecule has 30 heavy (non-hydrogen) atoms. The van der Waals surface area contributed by atoms with Crippen LogP contribution in [0.1, 0.15) is 24.0 Å². The molecule has 1 aliphatic rings. The molecule has 0 radical (unpaired) electrons. The number of cyclic esters (lactones) is 1. The van der Waals surface area contributed by atoms with Gasteiger partial charge in [-0.1, -0.05) is 30.3 Å². The van der Waals surface area contributed by atoms with E-state index in [1.54, 1.807) is 67.7 Å². The number of rotatable bonds is 6. The highest BCUT2D eigenvalue weighted by atomic mass is 16.6. The van der Waals surface area contributed by atoms with E-state index in [1.165, 1.54) is 0 Å². The Kier molecular flexibility index (Phi) is 5.05. The molecule has 2 amide bonds. The van der Waals surface area contributed by atoms with Crippen molar-refractivity contribution in [3.05, 3.63) is 83.9 Å². The van der Waals surface area contributed by atoms with Gasteiger partial charge < -0.3 is 9.47 Å². The molecule has 1 N–H and O–H groups in total. The fourth-order valence-electron chi connectivity index (χ4n) is 3.09. The first-order valence-electron chi connectivity index (χ1n) is 9.37. The summed E-state index contributed by atoms with van der Waals surface area (Å²) in [5, 5.41) is 0.886. The number of benzene rings is 2. The summed E-state index contributed by atoms with van der Waals surface area (Å²) in [5.74, 6) is 0.783. The molecular weight excluding hydrogens is 384 g/mol. The number of carbonyl (C=O) groups is 2. The molecule has 152 valence electrons. The van der Waals surface area contributed by atoms with Crippen LogP contribution in [0, 0.1) is 6.92 Å². The minimum atomic E-state index is -1.43. The quantitative estimate of drug-likeness (QED) is 0.671. The number of anilines is 1. The minimum Gasteiger partial charge on any atom is -0.487 e. The summed E-state index contributed by atoms with van der Waals surface area (Å²) >= 11 is 0. The van der Waals surface area contributed by atoms with Gasteiger partial charge in [-0.3, -0.25) is 10.2 Å². The lowest BCUT2D eigenvalue weighted by Gasteiger charge is -2.21. The largest absolute Gasteiger partial charge is 0.487 e. The second kappa shape index (κ2) is 7.82. The lowest BCUT2D eigenvalue weighted by Crippen LogP contribution is -2.40. The molecule has 1 aromatic heterocycles. The minimum absolute atomic E-state index is 0.294. The zero-order chi connectivity index (χ0) is 21.1. The van der Waals surface area contributed by atoms with Gasteiger partial charge in [-0.25, -0.2) is 14.8 Å². The molecule has 0 aliphatic carbocycles. The van der Waals surface area contributed by atoms with Crippen molar-refractivity contribution in [1.29, 1.82) is 0 Å². The third-order valence-corrected chi connectivity index (χ3v) is 4.73. The fourth-order valence-corrected chi connectivity index (χ4v) is 3.09. The van der Waals surface area contributed by atoms with E-state index in [1.807, 2.05) is 13.0 Å². The number of amides is 2. The van der Waals surface area contributed by atoms with Crippen molar-refractivity contribution in [3.8, 4) is 5.75 Å². The first-order valence-corrected chi connectivity index (χ1v) is 9.37. The second-order valence-electron chi connectivity index (χ2n) is 6.93. The summed E-state index contributed by atoms with van der Waals surface area (Å²) in [4.78, 5) is 33.6. The Morgan fingerprint density at radius 3 is 2.50 bits per heavy atom. The van der Waals surface area contributed by atoms with Crippen molar-refractivity contribution in [2.45, 2.75) is 26.1 Å². The van der Waals surface area contributed by atoms with E-state index in [2.05, 4.69) is 15.4 Å². The predicted octanol–water partition coefficient (Wildman–Crippen LogP) is 3.59. The lowest BCUT2D eigenvalue weighted by atomic mass is 9.95. The highest BCUT2D eigenvalue weighted by Crippen LogP contribution is 2.35. The van der Waals surface area contributed by atoms with Crippen LogP contribution in [0.4, 0.5) is 10.5 Å². The van der Waals surface area contributed by atoms with E-state index in [9.17, 15) is 9.59 Å². The Hall–Kier alpha value is -3.94. The molecular formula is C22H20N4O4. The second-order valence-corrected chi connectivity index (χ2v) is 6.93. The first-order chi connectivity index (χ1) is 14.5. The maximum atomic E-state index is 12.9. The number of aromatic nitrogens is 2. The number of ether oxygens (including phenoxy) is 2. The Morgan fingerprint density at radius 2 is 1.80 bits per heavy atom. The number of aryl methyl sites for hydroxylation is 1. The van der Waals surface area contributed by atoms with Crippen LogP contribution in [0.3, 0.4) is 0 Å². The maximum Gasteiger partial charge on any atom is 0.437 e. The average Bonchev–Trinajstić information content (AvgIpc) is 2.97. The van der Waals surface area contributed by atoms with Crippen molar-refractivity contribution < 1.29 is 19.1 Å². The number of hydrogen-bond donors (Lipinski definition) is 1. The molecule has 3 aromatic rings. The summed E-state index contributed by atoms with van der Waals surface area (Å²) < 4.78 is 11.2. The highest BCUT2D eigenvalue weighted by molar-refractivity contribution is 6.04. The zero-order valence-corrected chi connectivity index (χ0v) is 16.5. The molecule has 0 bridgehead atoms. The SMILES string of the molecule is Cc1nccc(COc2ccc(C3(C)OC(=O)N(Nc4ccccc4)C3=O)cc2)n1. The van der Waals surface area contributed by atoms with Gasteiger partial charge in [0.15, 0.2) is 0 Å². The summed E-state index contributed by atoms with van der Waals surface area (Å²) in [7, 11) is 0. The lowest BCUT2D eigenvalue weighted by molar-refractivity contribution is -0.135. The number of hydrazine groups is 1. The van der Waals surface area contributed by atoms with Gasteiger partial charge in [0.1, 0.15) is 18.2 Å². The van der Waals surface area contributed by atoms with Crippen LogP contribution < -0.4 is 10.2 Å². The Bertz CT molecular complexity index is 1070. The van der Waals surface area contributed by atoms with Crippen LogP contribution in [0.2, 0.25) is 0 Å². The summed E-state index contributed by atoms with van der Waals surface area (Å²) in [6.07, 6.45) is 0.922. The number of nitrogens with zero attached hydrogens (tertiary/aromatic N) is 3. The van der Waals surface area contributed by atoms with Crippen LogP contribution in [-0.4, -0.2) is 27.0 Å². The number of imide groups is 1. The molecule has 1 unspecified atom stereocenters. The molecule has 2 aromatic carbocycles. The van der Waals surface area contributed by atoms with Crippen molar-refractivity contribution >= 4 is 17.7 Å². The molecule has 0 spiro atoms. The average molecular weight is 404 g/mol. The van der Waals surface area contributed by atoms with Gasteiger partial charge >= 0.3 is 6.09 Å². The van der Waals surface area contributed by atoms with Gasteiger partial charge in [0.05, 0.1) is 11.4 Å². The molecule has 0 saturated carbocycles. The van der Waals surface area contributed by atoms with Gasteiger partial charge in [0.25, 0.3) is 5.91 Å².